The maximum atomic E-state index is 12.9. The summed E-state index contributed by atoms with van der Waals surface area (Å²) in [5.74, 6) is -1.60. The lowest BCUT2D eigenvalue weighted by Gasteiger charge is -2.21. The van der Waals surface area contributed by atoms with E-state index in [9.17, 15) is 28.9 Å². The van der Waals surface area contributed by atoms with E-state index in [4.69, 9.17) is 23.3 Å². The number of aliphatic hydroxyl groups is 1. The van der Waals surface area contributed by atoms with Crippen molar-refractivity contribution in [2.24, 2.45) is 0 Å². The Morgan fingerprint density at radius 3 is 1.11 bits per heavy atom. The summed E-state index contributed by atoms with van der Waals surface area (Å²) in [5.41, 5.74) is 0. The highest BCUT2D eigenvalue weighted by Crippen LogP contribution is 2.43. The molecule has 12 heteroatoms. The summed E-state index contributed by atoms with van der Waals surface area (Å²) in [5, 5.41) is 9.85. The molecule has 0 bridgehead atoms. The predicted molar refractivity (Wildman–Crippen MR) is 334 cm³/mol. The molecule has 0 radical (unpaired) electrons. The minimum Gasteiger partial charge on any atom is -0.462 e. The van der Waals surface area contributed by atoms with Crippen molar-refractivity contribution in [1.82, 2.24) is 0 Å². The average Bonchev–Trinajstić information content (AvgIpc) is 3.45. The van der Waals surface area contributed by atoms with Gasteiger partial charge in [0.2, 0.25) is 0 Å². The summed E-state index contributed by atoms with van der Waals surface area (Å²) in [4.78, 5) is 48.7. The first-order valence-corrected chi connectivity index (χ1v) is 32.9. The molecule has 80 heavy (non-hydrogen) atoms. The molecule has 0 heterocycles. The van der Waals surface area contributed by atoms with Crippen molar-refractivity contribution >= 4 is 25.7 Å². The molecule has 0 rings (SSSR count). The van der Waals surface area contributed by atoms with E-state index in [1.807, 2.05) is 12.2 Å². The number of carbonyl (C=O) groups is 3. The molecule has 0 amide bonds. The van der Waals surface area contributed by atoms with E-state index in [1.54, 1.807) is 0 Å². The zero-order valence-electron chi connectivity index (χ0n) is 50.5. The summed E-state index contributed by atoms with van der Waals surface area (Å²) in [7, 11) is -4.79. The van der Waals surface area contributed by atoms with Gasteiger partial charge in [-0.3, -0.25) is 23.4 Å². The van der Waals surface area contributed by atoms with Gasteiger partial charge in [0.05, 0.1) is 19.8 Å². The summed E-state index contributed by atoms with van der Waals surface area (Å²) >= 11 is 0. The second-order valence-electron chi connectivity index (χ2n) is 20.5. The summed E-state index contributed by atoms with van der Waals surface area (Å²) in [6, 6.07) is 0. The molecule has 3 atom stereocenters. The van der Waals surface area contributed by atoms with Gasteiger partial charge in [0, 0.05) is 19.3 Å². The minimum absolute atomic E-state index is 0.0344. The molecule has 3 unspecified atom stereocenters. The number of hydrogen-bond donors (Lipinski definition) is 2. The molecule has 0 aliphatic rings. The molecule has 0 spiro atoms. The highest BCUT2D eigenvalue weighted by atomic mass is 31.2. The quantitative estimate of drug-likeness (QED) is 0.0197. The van der Waals surface area contributed by atoms with Gasteiger partial charge in [-0.2, -0.15) is 0 Å². The third-order valence-electron chi connectivity index (χ3n) is 12.9. The Labute approximate surface area is 487 Å². The van der Waals surface area contributed by atoms with Gasteiger partial charge in [-0.05, 0) is 122 Å². The third kappa shape index (κ3) is 58.5. The number of esters is 3. The van der Waals surface area contributed by atoms with E-state index >= 15 is 0 Å². The van der Waals surface area contributed by atoms with E-state index in [2.05, 4.69) is 130 Å². The molecule has 0 fully saturated rings. The van der Waals surface area contributed by atoms with Crippen molar-refractivity contribution in [2.45, 2.75) is 264 Å². The monoisotopic (exact) mass is 1140 g/mol. The van der Waals surface area contributed by atoms with Crippen LogP contribution in [0.3, 0.4) is 0 Å². The van der Waals surface area contributed by atoms with E-state index in [1.165, 1.54) is 64.2 Å². The molecular formula is C68H113O11P. The van der Waals surface area contributed by atoms with Crippen LogP contribution in [-0.2, 0) is 42.2 Å². The largest absolute Gasteiger partial charge is 0.472 e. The number of phosphoric acid groups is 1. The van der Waals surface area contributed by atoms with Crippen LogP contribution >= 0.6 is 7.82 Å². The van der Waals surface area contributed by atoms with Gasteiger partial charge in [-0.15, -0.1) is 0 Å². The topological polar surface area (TPSA) is 155 Å². The first-order chi connectivity index (χ1) is 39.2. The van der Waals surface area contributed by atoms with Gasteiger partial charge in [-0.25, -0.2) is 4.57 Å². The summed E-state index contributed by atoms with van der Waals surface area (Å²) in [6.45, 7) is 4.40. The summed E-state index contributed by atoms with van der Waals surface area (Å²) < 4.78 is 39.5. The highest BCUT2D eigenvalue weighted by Gasteiger charge is 2.28. The zero-order chi connectivity index (χ0) is 58.3. The lowest BCUT2D eigenvalue weighted by Crippen LogP contribution is -2.30. The average molecular weight is 1140 g/mol. The van der Waals surface area contributed by atoms with Crippen molar-refractivity contribution in [2.75, 3.05) is 26.4 Å². The number of aliphatic hydroxyl groups excluding tert-OH is 1. The molecule has 456 valence electrons. The Balaban J connectivity index is 4.82. The first-order valence-electron chi connectivity index (χ1n) is 31.4. The second-order valence-corrected chi connectivity index (χ2v) is 21.9. The van der Waals surface area contributed by atoms with Crippen LogP contribution < -0.4 is 0 Å². The number of ether oxygens (including phenoxy) is 3. The van der Waals surface area contributed by atoms with Crippen LogP contribution in [0.4, 0.5) is 0 Å². The molecule has 0 saturated heterocycles. The molecule has 0 aromatic heterocycles. The Kier molecular flexibility index (Phi) is 57.8. The second kappa shape index (κ2) is 61.0. The molecule has 11 nitrogen and oxygen atoms in total. The highest BCUT2D eigenvalue weighted by molar-refractivity contribution is 7.47. The molecular weight excluding hydrogens is 1020 g/mol. The van der Waals surface area contributed by atoms with E-state index in [0.29, 0.717) is 25.7 Å². The maximum absolute atomic E-state index is 12.9. The van der Waals surface area contributed by atoms with Crippen molar-refractivity contribution in [3.63, 3.8) is 0 Å². The van der Waals surface area contributed by atoms with E-state index in [-0.39, 0.29) is 25.9 Å². The van der Waals surface area contributed by atoms with Gasteiger partial charge in [-0.1, -0.05) is 232 Å². The van der Waals surface area contributed by atoms with Gasteiger partial charge < -0.3 is 24.2 Å². The number of unbranched alkanes of at least 4 members (excludes halogenated alkanes) is 20. The smallest absolute Gasteiger partial charge is 0.462 e. The Morgan fingerprint density at radius 2 is 0.675 bits per heavy atom. The van der Waals surface area contributed by atoms with Crippen molar-refractivity contribution in [3.05, 3.63) is 122 Å². The Morgan fingerprint density at radius 1 is 0.362 bits per heavy atom. The first kappa shape index (κ1) is 75.9. The van der Waals surface area contributed by atoms with E-state index < -0.39 is 57.8 Å². The van der Waals surface area contributed by atoms with Crippen LogP contribution in [0.15, 0.2) is 122 Å². The Bertz CT molecular complexity index is 1800. The lowest BCUT2D eigenvalue weighted by molar-refractivity contribution is -0.161. The number of allylic oxidation sites excluding steroid dienone is 20. The van der Waals surface area contributed by atoms with Crippen LogP contribution in [0.25, 0.3) is 0 Å². The van der Waals surface area contributed by atoms with Crippen LogP contribution in [0.2, 0.25) is 0 Å². The van der Waals surface area contributed by atoms with Crippen LogP contribution in [0, 0.1) is 0 Å². The fraction of sp³-hybridized carbons (Fsp3) is 0.662. The maximum Gasteiger partial charge on any atom is 0.472 e. The van der Waals surface area contributed by atoms with Crippen molar-refractivity contribution in [3.8, 4) is 0 Å². The molecule has 0 aliphatic heterocycles. The SMILES string of the molecule is CC/C=C\C/C=C\C/C=C\C/C=C\C/C=C\C/C=C\CCC(=O)OC(COC(=O)CCCCCCC/C=C\CCCCCCCC)COP(=O)(O)OCC(CO)OC(=O)CCCCCCCC/C=C\C/C=C\C/C=C\CCCCC. The molecule has 0 aromatic rings. The predicted octanol–water partition coefficient (Wildman–Crippen LogP) is 19.1. The van der Waals surface area contributed by atoms with E-state index in [0.717, 1.165) is 122 Å². The molecule has 0 aromatic carbocycles. The van der Waals surface area contributed by atoms with Crippen molar-refractivity contribution < 1.29 is 52.2 Å². The van der Waals surface area contributed by atoms with Gasteiger partial charge in [0.15, 0.2) is 6.10 Å². The zero-order valence-corrected chi connectivity index (χ0v) is 51.4. The number of carbonyl (C=O) groups excluding carboxylic acids is 3. The fourth-order valence-electron chi connectivity index (χ4n) is 8.09. The Hall–Kier alpha value is -4.12. The molecule has 2 N–H and O–H groups in total. The molecule has 0 aliphatic carbocycles. The van der Waals surface area contributed by atoms with Gasteiger partial charge in [0.1, 0.15) is 12.7 Å². The normalized spacial score (nSPS) is 14.1. The number of phosphoric ester groups is 1. The number of rotatable bonds is 57. The fourth-order valence-corrected chi connectivity index (χ4v) is 8.87. The van der Waals surface area contributed by atoms with Gasteiger partial charge >= 0.3 is 25.7 Å². The standard InChI is InChI=1S/C68H113O11P/c1-4-7-10-13-16-19-22-25-28-30-32-34-37-40-43-46-49-52-55-58-67(71)78-64(60-69)62-76-80(73,74)77-63-65(61-75-66(70)57-54-51-48-45-42-39-36-27-24-21-18-15-12-9-6-3)79-68(72)59-56-53-50-47-44-41-38-35-33-31-29-26-23-20-17-14-11-8-5-2/h8,11,16-17,19-20,25-29,32-36,41,44,50,53,64-65,69H,4-7,9-10,12-15,18,21-24,30-31,37-40,42-43,45-49,51-52,54-63H2,1-3H3,(H,73,74)/b11-8-,19-16-,20-17-,28-25-,29-26-,34-32-,35-33-,36-27-,44-41-,53-50-. The van der Waals surface area contributed by atoms with Crippen molar-refractivity contribution in [1.29, 1.82) is 0 Å². The number of hydrogen-bond acceptors (Lipinski definition) is 10. The third-order valence-corrected chi connectivity index (χ3v) is 13.8. The van der Waals surface area contributed by atoms with Crippen LogP contribution in [-0.4, -0.2) is 66.5 Å². The minimum atomic E-state index is -4.79. The summed E-state index contributed by atoms with van der Waals surface area (Å²) in [6.07, 6.45) is 75.9. The van der Waals surface area contributed by atoms with Crippen LogP contribution in [0.1, 0.15) is 252 Å². The molecule has 0 saturated carbocycles. The van der Waals surface area contributed by atoms with Crippen LogP contribution in [0.5, 0.6) is 0 Å². The lowest BCUT2D eigenvalue weighted by atomic mass is 10.1. The van der Waals surface area contributed by atoms with Gasteiger partial charge in [0.25, 0.3) is 0 Å².